The number of benzene rings is 1. The zero-order valence-corrected chi connectivity index (χ0v) is 12.2. The van der Waals surface area contributed by atoms with Crippen molar-refractivity contribution in [3.05, 3.63) is 35.4 Å². The van der Waals surface area contributed by atoms with Gasteiger partial charge in [0.2, 0.25) is 5.91 Å². The summed E-state index contributed by atoms with van der Waals surface area (Å²) < 4.78 is 26.5. The van der Waals surface area contributed by atoms with Crippen LogP contribution in [-0.2, 0) is 11.3 Å². The van der Waals surface area contributed by atoms with Crippen LogP contribution in [-0.4, -0.2) is 18.0 Å². The summed E-state index contributed by atoms with van der Waals surface area (Å²) in [6.45, 7) is 5.83. The third-order valence-electron chi connectivity index (χ3n) is 3.33. The predicted molar refractivity (Wildman–Crippen MR) is 75.2 cm³/mol. The molecule has 5 heteroatoms. The van der Waals surface area contributed by atoms with Crippen LogP contribution in [0.15, 0.2) is 18.2 Å². The maximum absolute atomic E-state index is 13.4. The summed E-state index contributed by atoms with van der Waals surface area (Å²) in [5.74, 6) is -1.10. The van der Waals surface area contributed by atoms with Crippen molar-refractivity contribution in [2.45, 2.75) is 52.2 Å². The van der Waals surface area contributed by atoms with E-state index in [4.69, 9.17) is 0 Å². The maximum Gasteiger partial charge on any atom is 0.237 e. The lowest BCUT2D eigenvalue weighted by atomic mass is 10.1. The topological polar surface area (TPSA) is 41.1 Å². The lowest BCUT2D eigenvalue weighted by Crippen LogP contribution is -2.45. The van der Waals surface area contributed by atoms with Gasteiger partial charge in [-0.1, -0.05) is 13.8 Å². The molecular weight excluding hydrogens is 262 g/mol. The molecule has 112 valence electrons. The van der Waals surface area contributed by atoms with E-state index in [1.165, 1.54) is 0 Å². The molecule has 0 saturated carbocycles. The van der Waals surface area contributed by atoms with E-state index in [-0.39, 0.29) is 24.1 Å². The van der Waals surface area contributed by atoms with Crippen LogP contribution in [0.5, 0.6) is 0 Å². The maximum atomic E-state index is 13.4. The lowest BCUT2D eigenvalue weighted by molar-refractivity contribution is -0.123. The highest BCUT2D eigenvalue weighted by atomic mass is 19.1. The van der Waals surface area contributed by atoms with Crippen molar-refractivity contribution >= 4 is 5.91 Å². The Hall–Kier alpha value is -1.49. The van der Waals surface area contributed by atoms with E-state index in [0.29, 0.717) is 0 Å². The second kappa shape index (κ2) is 7.94. The molecule has 1 unspecified atom stereocenters. The van der Waals surface area contributed by atoms with Crippen LogP contribution in [0.1, 0.15) is 39.2 Å². The van der Waals surface area contributed by atoms with Crippen LogP contribution >= 0.6 is 0 Å². The summed E-state index contributed by atoms with van der Waals surface area (Å²) in [5, 5.41) is 5.81. The zero-order chi connectivity index (χ0) is 15.1. The Morgan fingerprint density at radius 1 is 1.25 bits per heavy atom. The molecule has 20 heavy (non-hydrogen) atoms. The summed E-state index contributed by atoms with van der Waals surface area (Å²) in [6, 6.07) is 2.98. The molecule has 3 nitrogen and oxygen atoms in total. The first-order valence-electron chi connectivity index (χ1n) is 6.95. The van der Waals surface area contributed by atoms with Gasteiger partial charge in [0.1, 0.15) is 11.6 Å². The highest BCUT2D eigenvalue weighted by Crippen LogP contribution is 2.09. The van der Waals surface area contributed by atoms with E-state index in [1.807, 2.05) is 13.8 Å². The first-order valence-corrected chi connectivity index (χ1v) is 6.95. The molecular formula is C15H22F2N2O. The van der Waals surface area contributed by atoms with E-state index in [0.717, 1.165) is 31.0 Å². The first kappa shape index (κ1) is 16.6. The summed E-state index contributed by atoms with van der Waals surface area (Å²) >= 11 is 0. The number of amides is 1. The van der Waals surface area contributed by atoms with Crippen molar-refractivity contribution in [1.82, 2.24) is 10.6 Å². The van der Waals surface area contributed by atoms with Gasteiger partial charge in [0.25, 0.3) is 0 Å². The van der Waals surface area contributed by atoms with Crippen LogP contribution < -0.4 is 10.6 Å². The Labute approximate surface area is 118 Å². The number of nitrogens with one attached hydrogen (secondary N) is 2. The molecule has 1 rings (SSSR count). The van der Waals surface area contributed by atoms with Gasteiger partial charge < -0.3 is 10.6 Å². The van der Waals surface area contributed by atoms with Crippen LogP contribution in [0.4, 0.5) is 8.78 Å². The van der Waals surface area contributed by atoms with Crippen LogP contribution in [0.2, 0.25) is 0 Å². The van der Waals surface area contributed by atoms with Gasteiger partial charge in [-0.2, -0.15) is 0 Å². The highest BCUT2D eigenvalue weighted by Gasteiger charge is 2.16. The molecule has 0 aliphatic carbocycles. The van der Waals surface area contributed by atoms with Crippen molar-refractivity contribution < 1.29 is 13.6 Å². The van der Waals surface area contributed by atoms with Gasteiger partial charge in [-0.15, -0.1) is 0 Å². The van der Waals surface area contributed by atoms with Crippen LogP contribution in [0.25, 0.3) is 0 Å². The quantitative estimate of drug-likeness (QED) is 0.808. The first-order chi connectivity index (χ1) is 9.47. The van der Waals surface area contributed by atoms with Crippen LogP contribution in [0.3, 0.4) is 0 Å². The average molecular weight is 284 g/mol. The third kappa shape index (κ3) is 4.89. The molecule has 1 aromatic rings. The number of hydrogen-bond acceptors (Lipinski definition) is 2. The minimum atomic E-state index is -0.489. The molecule has 0 aromatic heterocycles. The number of carbonyl (C=O) groups is 1. The Bertz CT molecular complexity index is 447. The molecule has 2 N–H and O–H groups in total. The monoisotopic (exact) mass is 284 g/mol. The smallest absolute Gasteiger partial charge is 0.237 e. The van der Waals surface area contributed by atoms with Gasteiger partial charge >= 0.3 is 0 Å². The summed E-state index contributed by atoms with van der Waals surface area (Å²) in [4.78, 5) is 11.9. The second-order valence-electron chi connectivity index (χ2n) is 4.86. The average Bonchev–Trinajstić information content (AvgIpc) is 2.44. The molecule has 1 amide bonds. The lowest BCUT2D eigenvalue weighted by Gasteiger charge is -2.19. The van der Waals surface area contributed by atoms with Gasteiger partial charge in [-0.3, -0.25) is 4.79 Å². The predicted octanol–water partition coefficient (Wildman–Crippen LogP) is 2.75. The standard InChI is InChI=1S/C15H22F2N2O/c1-4-13(5-2)19-15(20)10(3)18-9-11-8-12(16)6-7-14(11)17/h6-8,10,13,18H,4-5,9H2,1-3H3,(H,19,20). The molecule has 0 saturated heterocycles. The molecule has 1 aromatic carbocycles. The van der Waals surface area contributed by atoms with E-state index < -0.39 is 17.7 Å². The molecule has 0 fully saturated rings. The van der Waals surface area contributed by atoms with E-state index >= 15 is 0 Å². The normalized spacial score (nSPS) is 12.5. The molecule has 0 spiro atoms. The zero-order valence-electron chi connectivity index (χ0n) is 12.2. The molecule has 1 atom stereocenters. The molecule has 0 aliphatic rings. The minimum Gasteiger partial charge on any atom is -0.352 e. The summed E-state index contributed by atoms with van der Waals surface area (Å²) in [5.41, 5.74) is 0.215. The Morgan fingerprint density at radius 3 is 2.50 bits per heavy atom. The number of rotatable bonds is 7. The van der Waals surface area contributed by atoms with Gasteiger partial charge in [0.05, 0.1) is 6.04 Å². The van der Waals surface area contributed by atoms with Gasteiger partial charge in [0.15, 0.2) is 0 Å². The SMILES string of the molecule is CCC(CC)NC(=O)C(C)NCc1cc(F)ccc1F. The van der Waals surface area contributed by atoms with E-state index in [9.17, 15) is 13.6 Å². The van der Waals surface area contributed by atoms with E-state index in [2.05, 4.69) is 10.6 Å². The Kier molecular flexibility index (Phi) is 6.58. The van der Waals surface area contributed by atoms with Crippen molar-refractivity contribution in [3.63, 3.8) is 0 Å². The van der Waals surface area contributed by atoms with E-state index in [1.54, 1.807) is 6.92 Å². The van der Waals surface area contributed by atoms with Gasteiger partial charge in [-0.25, -0.2) is 8.78 Å². The number of hydrogen-bond donors (Lipinski definition) is 2. The van der Waals surface area contributed by atoms with Crippen molar-refractivity contribution in [1.29, 1.82) is 0 Å². The molecule has 0 heterocycles. The fourth-order valence-corrected chi connectivity index (χ4v) is 1.85. The Morgan fingerprint density at radius 2 is 1.90 bits per heavy atom. The van der Waals surface area contributed by atoms with Crippen molar-refractivity contribution in [2.75, 3.05) is 0 Å². The van der Waals surface area contributed by atoms with Gasteiger partial charge in [0, 0.05) is 18.2 Å². The van der Waals surface area contributed by atoms with Crippen molar-refractivity contribution in [3.8, 4) is 0 Å². The largest absolute Gasteiger partial charge is 0.352 e. The molecule has 0 bridgehead atoms. The third-order valence-corrected chi connectivity index (χ3v) is 3.33. The fourth-order valence-electron chi connectivity index (χ4n) is 1.85. The summed E-state index contributed by atoms with van der Waals surface area (Å²) in [6.07, 6.45) is 1.74. The second-order valence-corrected chi connectivity index (χ2v) is 4.86. The number of halogens is 2. The van der Waals surface area contributed by atoms with Crippen molar-refractivity contribution in [2.24, 2.45) is 0 Å². The molecule has 0 aliphatic heterocycles. The number of carbonyl (C=O) groups excluding carboxylic acids is 1. The minimum absolute atomic E-state index is 0.112. The van der Waals surface area contributed by atoms with Gasteiger partial charge in [-0.05, 0) is 38.0 Å². The van der Waals surface area contributed by atoms with Crippen LogP contribution in [0, 0.1) is 11.6 Å². The Balaban J connectivity index is 2.52. The highest BCUT2D eigenvalue weighted by molar-refractivity contribution is 5.81. The fraction of sp³-hybridized carbons (Fsp3) is 0.533. The molecule has 0 radical (unpaired) electrons. The summed E-state index contributed by atoms with van der Waals surface area (Å²) in [7, 11) is 0.